The third-order valence-corrected chi connectivity index (χ3v) is 4.87. The van der Waals surface area contributed by atoms with E-state index in [1.807, 2.05) is 20.8 Å². The molecule has 0 aliphatic carbocycles. The van der Waals surface area contributed by atoms with Gasteiger partial charge in [0.15, 0.2) is 0 Å². The van der Waals surface area contributed by atoms with Gasteiger partial charge in [-0.3, -0.25) is 4.79 Å². The zero-order valence-electron chi connectivity index (χ0n) is 12.5. The number of ether oxygens (including phenoxy) is 1. The molecule has 0 unspecified atom stereocenters. The van der Waals surface area contributed by atoms with E-state index in [9.17, 15) is 13.2 Å². The molecule has 1 aromatic heterocycles. The first-order valence-electron chi connectivity index (χ1n) is 6.79. The highest BCUT2D eigenvalue weighted by Gasteiger charge is 2.28. The predicted octanol–water partition coefficient (Wildman–Crippen LogP) is 0.564. The van der Waals surface area contributed by atoms with E-state index in [4.69, 9.17) is 4.74 Å². The summed E-state index contributed by atoms with van der Waals surface area (Å²) < 4.78 is 31.4. The van der Waals surface area contributed by atoms with Crippen LogP contribution in [-0.4, -0.2) is 55.5 Å². The summed E-state index contributed by atoms with van der Waals surface area (Å²) in [6.07, 6.45) is 1.35. The summed E-state index contributed by atoms with van der Waals surface area (Å²) in [6.45, 7) is 7.02. The van der Waals surface area contributed by atoms with E-state index in [2.05, 4.69) is 10.3 Å². The maximum absolute atomic E-state index is 12.4. The zero-order chi connectivity index (χ0) is 15.7. The van der Waals surface area contributed by atoms with Crippen molar-refractivity contribution in [1.82, 2.24) is 14.6 Å². The van der Waals surface area contributed by atoms with Crippen LogP contribution in [-0.2, 0) is 14.8 Å². The minimum absolute atomic E-state index is 0.100. The van der Waals surface area contributed by atoms with Gasteiger partial charge in [0.1, 0.15) is 10.6 Å². The molecule has 0 spiro atoms. The van der Waals surface area contributed by atoms with Crippen LogP contribution in [0.5, 0.6) is 0 Å². The number of hydrogen-bond acceptors (Lipinski definition) is 4. The van der Waals surface area contributed by atoms with E-state index in [-0.39, 0.29) is 22.0 Å². The highest BCUT2D eigenvalue weighted by Crippen LogP contribution is 2.18. The molecule has 0 aromatic carbocycles. The van der Waals surface area contributed by atoms with E-state index in [0.29, 0.717) is 26.3 Å². The first-order valence-corrected chi connectivity index (χ1v) is 8.23. The summed E-state index contributed by atoms with van der Waals surface area (Å²) in [5.41, 5.74) is -0.150. The number of nitrogens with one attached hydrogen (secondary N) is 2. The van der Waals surface area contributed by atoms with Crippen LogP contribution in [0.2, 0.25) is 0 Å². The van der Waals surface area contributed by atoms with Crippen molar-refractivity contribution in [2.75, 3.05) is 26.3 Å². The maximum Gasteiger partial charge on any atom is 0.268 e. The number of carbonyl (C=O) groups is 1. The molecule has 1 aliphatic heterocycles. The Bertz CT molecular complexity index is 610. The van der Waals surface area contributed by atoms with Gasteiger partial charge < -0.3 is 15.0 Å². The van der Waals surface area contributed by atoms with Crippen LogP contribution in [0.3, 0.4) is 0 Å². The Balaban J connectivity index is 2.17. The third kappa shape index (κ3) is 3.84. The predicted molar refractivity (Wildman–Crippen MR) is 77.6 cm³/mol. The number of nitrogens with zero attached hydrogens (tertiary/aromatic N) is 1. The number of carbonyl (C=O) groups excluding carboxylic acids is 1. The number of amides is 1. The molecule has 1 amide bonds. The van der Waals surface area contributed by atoms with Crippen LogP contribution in [0.4, 0.5) is 0 Å². The summed E-state index contributed by atoms with van der Waals surface area (Å²) >= 11 is 0. The van der Waals surface area contributed by atoms with Gasteiger partial charge in [-0.05, 0) is 26.8 Å². The molecule has 0 saturated carbocycles. The minimum atomic E-state index is -3.58. The fourth-order valence-corrected chi connectivity index (χ4v) is 3.40. The molecule has 1 fully saturated rings. The fraction of sp³-hybridized carbons (Fsp3) is 0.615. The first kappa shape index (κ1) is 16.0. The van der Waals surface area contributed by atoms with Gasteiger partial charge in [0.25, 0.3) is 5.91 Å². The van der Waals surface area contributed by atoms with Crippen LogP contribution >= 0.6 is 0 Å². The second-order valence-corrected chi connectivity index (χ2v) is 7.91. The number of aromatic amines is 1. The zero-order valence-corrected chi connectivity index (χ0v) is 13.3. The van der Waals surface area contributed by atoms with Crippen molar-refractivity contribution in [3.63, 3.8) is 0 Å². The van der Waals surface area contributed by atoms with Crippen molar-refractivity contribution < 1.29 is 17.9 Å². The molecule has 7 nitrogen and oxygen atoms in total. The summed E-state index contributed by atoms with van der Waals surface area (Å²) in [5.74, 6) is -0.328. The van der Waals surface area contributed by atoms with Gasteiger partial charge in [0.05, 0.1) is 13.2 Å². The number of aromatic nitrogens is 1. The Morgan fingerprint density at radius 1 is 1.33 bits per heavy atom. The van der Waals surface area contributed by atoms with Gasteiger partial charge in [-0.1, -0.05) is 0 Å². The average Bonchev–Trinajstić information content (AvgIpc) is 2.88. The molecule has 21 heavy (non-hydrogen) atoms. The smallest absolute Gasteiger partial charge is 0.268 e. The number of rotatable bonds is 3. The van der Waals surface area contributed by atoms with Gasteiger partial charge in [0, 0.05) is 24.8 Å². The second-order valence-electron chi connectivity index (χ2n) is 5.97. The van der Waals surface area contributed by atoms with Gasteiger partial charge >= 0.3 is 0 Å². The third-order valence-electron chi connectivity index (χ3n) is 3.00. The van der Waals surface area contributed by atoms with Gasteiger partial charge in [0.2, 0.25) is 10.0 Å². The molecular weight excluding hydrogens is 294 g/mol. The van der Waals surface area contributed by atoms with E-state index < -0.39 is 10.0 Å². The maximum atomic E-state index is 12.4. The molecule has 1 saturated heterocycles. The Hall–Kier alpha value is -1.38. The molecule has 0 radical (unpaired) electrons. The monoisotopic (exact) mass is 315 g/mol. The quantitative estimate of drug-likeness (QED) is 0.853. The Morgan fingerprint density at radius 3 is 2.52 bits per heavy atom. The summed E-state index contributed by atoms with van der Waals surface area (Å²) in [4.78, 5) is 14.8. The SMILES string of the molecule is CC(C)(C)NC(=O)c1cc(S(=O)(=O)N2CCOCC2)c[nH]1. The Labute approximate surface area is 124 Å². The molecule has 0 atom stereocenters. The lowest BCUT2D eigenvalue weighted by molar-refractivity contribution is 0.0730. The highest BCUT2D eigenvalue weighted by atomic mass is 32.2. The minimum Gasteiger partial charge on any atom is -0.379 e. The second kappa shape index (κ2) is 5.78. The van der Waals surface area contributed by atoms with Crippen molar-refractivity contribution >= 4 is 15.9 Å². The van der Waals surface area contributed by atoms with E-state index in [0.717, 1.165) is 0 Å². The van der Waals surface area contributed by atoms with Crippen molar-refractivity contribution in [3.05, 3.63) is 18.0 Å². The molecule has 2 rings (SSSR count). The Kier molecular flexibility index (Phi) is 4.40. The molecule has 8 heteroatoms. The van der Waals surface area contributed by atoms with Crippen LogP contribution < -0.4 is 5.32 Å². The van der Waals surface area contributed by atoms with Crippen molar-refractivity contribution in [2.24, 2.45) is 0 Å². The van der Waals surface area contributed by atoms with Crippen LogP contribution in [0.1, 0.15) is 31.3 Å². The van der Waals surface area contributed by atoms with Crippen molar-refractivity contribution in [2.45, 2.75) is 31.2 Å². The molecule has 2 N–H and O–H groups in total. The number of hydrogen-bond donors (Lipinski definition) is 2. The van der Waals surface area contributed by atoms with Gasteiger partial charge in [-0.2, -0.15) is 4.31 Å². The highest BCUT2D eigenvalue weighted by molar-refractivity contribution is 7.89. The molecule has 118 valence electrons. The van der Waals surface area contributed by atoms with Crippen LogP contribution in [0.15, 0.2) is 17.2 Å². The average molecular weight is 315 g/mol. The summed E-state index contributed by atoms with van der Waals surface area (Å²) in [6, 6.07) is 1.37. The molecule has 1 aromatic rings. The number of morpholine rings is 1. The number of H-pyrrole nitrogens is 1. The standard InChI is InChI=1S/C13H21N3O4S/c1-13(2,3)15-12(17)11-8-10(9-14-11)21(18,19)16-4-6-20-7-5-16/h8-9,14H,4-7H2,1-3H3,(H,15,17). The van der Waals surface area contributed by atoms with Crippen LogP contribution in [0, 0.1) is 0 Å². The molecular formula is C13H21N3O4S. The molecule has 1 aliphatic rings. The number of sulfonamides is 1. The van der Waals surface area contributed by atoms with Gasteiger partial charge in [-0.25, -0.2) is 8.42 Å². The normalized spacial score (nSPS) is 17.7. The lowest BCUT2D eigenvalue weighted by atomic mass is 10.1. The fourth-order valence-electron chi connectivity index (χ4n) is 2.00. The lowest BCUT2D eigenvalue weighted by Gasteiger charge is -2.25. The van der Waals surface area contributed by atoms with Gasteiger partial charge in [-0.15, -0.1) is 0 Å². The van der Waals surface area contributed by atoms with Crippen LogP contribution in [0.25, 0.3) is 0 Å². The van der Waals surface area contributed by atoms with E-state index >= 15 is 0 Å². The Morgan fingerprint density at radius 2 is 1.95 bits per heavy atom. The lowest BCUT2D eigenvalue weighted by Crippen LogP contribution is -2.41. The van der Waals surface area contributed by atoms with Crippen molar-refractivity contribution in [3.8, 4) is 0 Å². The van der Waals surface area contributed by atoms with E-state index in [1.165, 1.54) is 16.6 Å². The topological polar surface area (TPSA) is 91.5 Å². The largest absolute Gasteiger partial charge is 0.379 e. The summed E-state index contributed by atoms with van der Waals surface area (Å²) in [5, 5.41) is 2.78. The van der Waals surface area contributed by atoms with Crippen molar-refractivity contribution in [1.29, 1.82) is 0 Å². The van der Waals surface area contributed by atoms with E-state index in [1.54, 1.807) is 0 Å². The first-order chi connectivity index (χ1) is 9.70. The molecule has 2 heterocycles. The molecule has 0 bridgehead atoms. The summed E-state index contributed by atoms with van der Waals surface area (Å²) in [7, 11) is -3.58.